The smallest absolute Gasteiger partial charge is 0.226 e. The second kappa shape index (κ2) is 5.90. The Kier molecular flexibility index (Phi) is 3.74. The molecule has 0 spiro atoms. The summed E-state index contributed by atoms with van der Waals surface area (Å²) in [4.78, 5) is 19.8. The van der Waals surface area contributed by atoms with Gasteiger partial charge in [0, 0.05) is 18.0 Å². The topological polar surface area (TPSA) is 45.2 Å². The Bertz CT molecular complexity index is 840. The molecule has 4 rings (SSSR count). The summed E-state index contributed by atoms with van der Waals surface area (Å²) in [7, 11) is 0. The maximum atomic E-state index is 13.2. The average molecular weight is 347 g/mol. The van der Waals surface area contributed by atoms with Crippen LogP contribution in [0.15, 0.2) is 35.7 Å². The Morgan fingerprint density at radius 3 is 3.04 bits per heavy atom. The molecule has 1 N–H and O–H groups in total. The molecule has 118 valence electrons. The number of aromatic nitrogens is 1. The normalized spacial score (nSPS) is 14.9. The second-order valence-electron chi connectivity index (χ2n) is 5.51. The van der Waals surface area contributed by atoms with Crippen LogP contribution in [0.25, 0.3) is 10.2 Å². The van der Waals surface area contributed by atoms with E-state index in [0.717, 1.165) is 20.2 Å². The molecule has 1 aliphatic rings. The number of halogens is 1. The van der Waals surface area contributed by atoms with Crippen LogP contribution < -0.4 is 10.2 Å². The number of thiophene rings is 1. The number of amides is 1. The minimum Gasteiger partial charge on any atom is -0.351 e. The Labute approximate surface area is 140 Å². The predicted octanol–water partition coefficient (Wildman–Crippen LogP) is 3.25. The van der Waals surface area contributed by atoms with Crippen molar-refractivity contribution in [3.8, 4) is 0 Å². The van der Waals surface area contributed by atoms with Crippen LogP contribution in [-0.2, 0) is 11.3 Å². The maximum absolute atomic E-state index is 13.2. The molecule has 3 aromatic rings. The van der Waals surface area contributed by atoms with Crippen LogP contribution in [0.4, 0.5) is 9.52 Å². The van der Waals surface area contributed by atoms with Crippen LogP contribution in [0.2, 0.25) is 0 Å². The van der Waals surface area contributed by atoms with Crippen molar-refractivity contribution in [1.29, 1.82) is 0 Å². The van der Waals surface area contributed by atoms with Gasteiger partial charge in [-0.2, -0.15) is 0 Å². The largest absolute Gasteiger partial charge is 0.351 e. The van der Waals surface area contributed by atoms with Gasteiger partial charge in [0.2, 0.25) is 5.91 Å². The summed E-state index contributed by atoms with van der Waals surface area (Å²) in [6.07, 6.45) is 0. The lowest BCUT2D eigenvalue weighted by atomic mass is 10.0. The van der Waals surface area contributed by atoms with Gasteiger partial charge in [-0.15, -0.1) is 11.3 Å². The van der Waals surface area contributed by atoms with E-state index in [-0.39, 0.29) is 17.6 Å². The van der Waals surface area contributed by atoms with Gasteiger partial charge in [-0.1, -0.05) is 17.4 Å². The van der Waals surface area contributed by atoms with E-state index in [2.05, 4.69) is 15.2 Å². The molecule has 7 heteroatoms. The van der Waals surface area contributed by atoms with E-state index in [1.807, 2.05) is 17.5 Å². The number of hydrogen-bond donors (Lipinski definition) is 1. The second-order valence-corrected chi connectivity index (χ2v) is 7.55. The minimum atomic E-state index is -0.248. The molecule has 0 aliphatic carbocycles. The van der Waals surface area contributed by atoms with Crippen molar-refractivity contribution >= 4 is 43.9 Å². The van der Waals surface area contributed by atoms with Crippen LogP contribution in [-0.4, -0.2) is 24.0 Å². The number of hydrogen-bond acceptors (Lipinski definition) is 5. The molecule has 0 unspecified atom stereocenters. The highest BCUT2D eigenvalue weighted by atomic mass is 32.1. The third-order valence-corrected chi connectivity index (χ3v) is 5.83. The number of thiazole rings is 1. The van der Waals surface area contributed by atoms with Crippen molar-refractivity contribution in [2.75, 3.05) is 18.0 Å². The number of carbonyl (C=O) groups excluding carboxylic acids is 1. The Balaban J connectivity index is 1.35. The van der Waals surface area contributed by atoms with Crippen LogP contribution >= 0.6 is 22.7 Å². The van der Waals surface area contributed by atoms with Crippen LogP contribution in [0.3, 0.4) is 0 Å². The summed E-state index contributed by atoms with van der Waals surface area (Å²) < 4.78 is 14.1. The highest BCUT2D eigenvalue weighted by Gasteiger charge is 2.34. The lowest BCUT2D eigenvalue weighted by Crippen LogP contribution is -2.53. The van der Waals surface area contributed by atoms with E-state index in [1.165, 1.54) is 23.5 Å². The van der Waals surface area contributed by atoms with Gasteiger partial charge in [-0.05, 0) is 29.6 Å². The number of nitrogens with zero attached hydrogens (tertiary/aromatic N) is 2. The fraction of sp³-hybridized carbons (Fsp3) is 0.250. The van der Waals surface area contributed by atoms with Gasteiger partial charge < -0.3 is 10.2 Å². The van der Waals surface area contributed by atoms with E-state index in [0.29, 0.717) is 19.6 Å². The van der Waals surface area contributed by atoms with Crippen molar-refractivity contribution in [1.82, 2.24) is 10.3 Å². The third-order valence-electron chi connectivity index (χ3n) is 3.88. The van der Waals surface area contributed by atoms with E-state index in [1.54, 1.807) is 17.4 Å². The van der Waals surface area contributed by atoms with Gasteiger partial charge in [0.25, 0.3) is 0 Å². The number of nitrogens with one attached hydrogen (secondary N) is 1. The fourth-order valence-corrected chi connectivity index (χ4v) is 4.21. The molecule has 0 atom stereocenters. The van der Waals surface area contributed by atoms with Crippen LogP contribution in [0.1, 0.15) is 4.88 Å². The highest BCUT2D eigenvalue weighted by Crippen LogP contribution is 2.33. The summed E-state index contributed by atoms with van der Waals surface area (Å²) in [5, 5.41) is 5.83. The minimum absolute atomic E-state index is 0.00119. The Morgan fingerprint density at radius 2 is 2.26 bits per heavy atom. The molecule has 1 fully saturated rings. The predicted molar refractivity (Wildman–Crippen MR) is 91.4 cm³/mol. The van der Waals surface area contributed by atoms with Gasteiger partial charge in [0.05, 0.1) is 22.7 Å². The van der Waals surface area contributed by atoms with E-state index < -0.39 is 0 Å². The van der Waals surface area contributed by atoms with Gasteiger partial charge in [-0.25, -0.2) is 9.37 Å². The van der Waals surface area contributed by atoms with E-state index in [9.17, 15) is 9.18 Å². The van der Waals surface area contributed by atoms with E-state index >= 15 is 0 Å². The molecule has 1 aromatic carbocycles. The molecule has 1 amide bonds. The van der Waals surface area contributed by atoms with Crippen LogP contribution in [0, 0.1) is 11.7 Å². The zero-order valence-corrected chi connectivity index (χ0v) is 13.8. The molecule has 1 aliphatic heterocycles. The first-order valence-electron chi connectivity index (χ1n) is 7.30. The fourth-order valence-electron chi connectivity index (χ4n) is 2.55. The summed E-state index contributed by atoms with van der Waals surface area (Å²) in [5.74, 6) is -0.164. The van der Waals surface area contributed by atoms with Crippen LogP contribution in [0.5, 0.6) is 0 Å². The monoisotopic (exact) mass is 347 g/mol. The molecule has 23 heavy (non-hydrogen) atoms. The molecule has 3 heterocycles. The Morgan fingerprint density at radius 1 is 1.39 bits per heavy atom. The van der Waals surface area contributed by atoms with Crippen molar-refractivity contribution in [2.24, 2.45) is 5.92 Å². The molecule has 1 saturated heterocycles. The summed E-state index contributed by atoms with van der Waals surface area (Å²) in [6, 6.07) is 8.60. The zero-order valence-electron chi connectivity index (χ0n) is 12.2. The van der Waals surface area contributed by atoms with Crippen molar-refractivity contribution in [3.63, 3.8) is 0 Å². The molecular formula is C16H14FN3OS2. The first-order valence-corrected chi connectivity index (χ1v) is 9.00. The Hall–Kier alpha value is -1.99. The molecule has 0 bridgehead atoms. The lowest BCUT2D eigenvalue weighted by Gasteiger charge is -2.37. The summed E-state index contributed by atoms with van der Waals surface area (Å²) >= 11 is 3.10. The number of anilines is 1. The van der Waals surface area contributed by atoms with Gasteiger partial charge >= 0.3 is 0 Å². The summed E-state index contributed by atoms with van der Waals surface area (Å²) in [6.45, 7) is 1.92. The number of carbonyl (C=O) groups is 1. The third kappa shape index (κ3) is 2.94. The van der Waals surface area contributed by atoms with Gasteiger partial charge in [0.1, 0.15) is 5.82 Å². The number of fused-ring (bicyclic) bond motifs is 1. The standard InChI is InChI=1S/C16H14FN3OS2/c17-11-3-4-13-14(6-11)23-16(19-13)20-8-10(9-20)15(21)18-7-12-2-1-5-22-12/h1-6,10H,7-9H2,(H,18,21). The first kappa shape index (κ1) is 14.6. The average Bonchev–Trinajstić information content (AvgIpc) is 3.12. The van der Waals surface area contributed by atoms with Crippen molar-refractivity contribution < 1.29 is 9.18 Å². The van der Waals surface area contributed by atoms with Gasteiger partial charge in [0.15, 0.2) is 5.13 Å². The molecule has 2 aromatic heterocycles. The summed E-state index contributed by atoms with van der Waals surface area (Å²) in [5.41, 5.74) is 0.803. The zero-order chi connectivity index (χ0) is 15.8. The molecular weight excluding hydrogens is 333 g/mol. The number of rotatable bonds is 4. The van der Waals surface area contributed by atoms with Crippen molar-refractivity contribution in [3.05, 3.63) is 46.4 Å². The molecule has 0 saturated carbocycles. The quantitative estimate of drug-likeness (QED) is 0.788. The molecule has 0 radical (unpaired) electrons. The molecule has 4 nitrogen and oxygen atoms in total. The van der Waals surface area contributed by atoms with Gasteiger partial charge in [-0.3, -0.25) is 4.79 Å². The lowest BCUT2D eigenvalue weighted by molar-refractivity contribution is -0.125. The SMILES string of the molecule is O=C(NCc1cccs1)C1CN(c2nc3ccc(F)cc3s2)C1. The maximum Gasteiger partial charge on any atom is 0.226 e. The first-order chi connectivity index (χ1) is 11.2. The highest BCUT2D eigenvalue weighted by molar-refractivity contribution is 7.22. The van der Waals surface area contributed by atoms with Crippen molar-refractivity contribution in [2.45, 2.75) is 6.54 Å². The number of benzene rings is 1. The van der Waals surface area contributed by atoms with E-state index in [4.69, 9.17) is 0 Å².